The molecule has 0 fully saturated rings. The van der Waals surface area contributed by atoms with E-state index in [-0.39, 0.29) is 6.04 Å². The molecule has 5 rings (SSSR count). The van der Waals surface area contributed by atoms with Gasteiger partial charge in [-0.2, -0.15) is 0 Å². The number of nitrogens with one attached hydrogen (secondary N) is 2. The number of aromatic amines is 1. The van der Waals surface area contributed by atoms with Crippen LogP contribution in [-0.4, -0.2) is 11.5 Å². The molecule has 0 aliphatic carbocycles. The number of benzene rings is 3. The molecule has 1 aromatic heterocycles. The molecule has 1 unspecified atom stereocenters. The average Bonchev–Trinajstić information content (AvgIpc) is 3.00. The number of hydrogen-bond acceptors (Lipinski definition) is 1. The van der Waals surface area contributed by atoms with Crippen LogP contribution in [0.2, 0.25) is 0 Å². The summed E-state index contributed by atoms with van der Waals surface area (Å²) in [6.07, 6.45) is 1.09. The third kappa shape index (κ3) is 2.29. The van der Waals surface area contributed by atoms with Crippen LogP contribution in [0, 0.1) is 13.8 Å². The van der Waals surface area contributed by atoms with Gasteiger partial charge in [0.2, 0.25) is 0 Å². The molecule has 0 saturated carbocycles. The molecule has 0 spiro atoms. The van der Waals surface area contributed by atoms with E-state index in [1.165, 1.54) is 49.6 Å². The standard InChI is InChI=1S/C23H22N2/c1-14-11-15(2)21-20(12-14)19-9-10-24-22(23(19)25-21)18-8-7-16-5-3-4-6-17(16)13-18/h3-8,11-13,22,24-25H,9-10H2,1-2H3. The maximum Gasteiger partial charge on any atom is 0.0732 e. The topological polar surface area (TPSA) is 27.8 Å². The number of aromatic nitrogens is 1. The van der Waals surface area contributed by atoms with E-state index in [2.05, 4.69) is 78.7 Å². The van der Waals surface area contributed by atoms with E-state index in [1.54, 1.807) is 0 Å². The summed E-state index contributed by atoms with van der Waals surface area (Å²) in [7, 11) is 0. The third-order valence-corrected chi connectivity index (χ3v) is 5.51. The van der Waals surface area contributed by atoms with E-state index in [0.717, 1.165) is 13.0 Å². The number of aryl methyl sites for hydroxylation is 2. The highest BCUT2D eigenvalue weighted by Gasteiger charge is 2.25. The molecule has 25 heavy (non-hydrogen) atoms. The average molecular weight is 326 g/mol. The van der Waals surface area contributed by atoms with Crippen LogP contribution in [0.5, 0.6) is 0 Å². The minimum Gasteiger partial charge on any atom is -0.356 e. The van der Waals surface area contributed by atoms with Gasteiger partial charge in [-0.25, -0.2) is 0 Å². The van der Waals surface area contributed by atoms with Crippen LogP contribution in [0.3, 0.4) is 0 Å². The number of fused-ring (bicyclic) bond motifs is 4. The normalized spacial score (nSPS) is 17.1. The second-order valence-corrected chi connectivity index (χ2v) is 7.27. The van der Waals surface area contributed by atoms with Crippen molar-refractivity contribution in [1.29, 1.82) is 0 Å². The fourth-order valence-electron chi connectivity index (χ4n) is 4.36. The van der Waals surface area contributed by atoms with Gasteiger partial charge < -0.3 is 10.3 Å². The van der Waals surface area contributed by atoms with Gasteiger partial charge >= 0.3 is 0 Å². The van der Waals surface area contributed by atoms with Crippen LogP contribution in [-0.2, 0) is 6.42 Å². The summed E-state index contributed by atoms with van der Waals surface area (Å²) in [5.74, 6) is 0. The zero-order valence-corrected chi connectivity index (χ0v) is 14.7. The van der Waals surface area contributed by atoms with Crippen LogP contribution in [0.25, 0.3) is 21.7 Å². The van der Waals surface area contributed by atoms with Crippen molar-refractivity contribution in [3.05, 3.63) is 82.5 Å². The Morgan fingerprint density at radius 3 is 2.64 bits per heavy atom. The van der Waals surface area contributed by atoms with Crippen molar-refractivity contribution >= 4 is 21.7 Å². The van der Waals surface area contributed by atoms with E-state index >= 15 is 0 Å². The quantitative estimate of drug-likeness (QED) is 0.496. The molecule has 1 aliphatic heterocycles. The van der Waals surface area contributed by atoms with Gasteiger partial charge in [0.15, 0.2) is 0 Å². The summed E-state index contributed by atoms with van der Waals surface area (Å²) < 4.78 is 0. The fraction of sp³-hybridized carbons (Fsp3) is 0.217. The molecule has 4 aromatic rings. The van der Waals surface area contributed by atoms with E-state index in [0.29, 0.717) is 0 Å². The summed E-state index contributed by atoms with van der Waals surface area (Å²) in [5.41, 5.74) is 8.13. The second-order valence-electron chi connectivity index (χ2n) is 7.27. The highest BCUT2D eigenvalue weighted by atomic mass is 15.0. The van der Waals surface area contributed by atoms with Crippen molar-refractivity contribution in [2.45, 2.75) is 26.3 Å². The first-order chi connectivity index (χ1) is 12.2. The first kappa shape index (κ1) is 14.7. The third-order valence-electron chi connectivity index (χ3n) is 5.51. The summed E-state index contributed by atoms with van der Waals surface area (Å²) in [5, 5.41) is 7.72. The van der Waals surface area contributed by atoms with Crippen molar-refractivity contribution < 1.29 is 0 Å². The molecule has 3 aromatic carbocycles. The monoisotopic (exact) mass is 326 g/mol. The zero-order chi connectivity index (χ0) is 17.0. The molecule has 2 N–H and O–H groups in total. The molecular weight excluding hydrogens is 304 g/mol. The summed E-state index contributed by atoms with van der Waals surface area (Å²) in [6.45, 7) is 5.41. The van der Waals surface area contributed by atoms with Gasteiger partial charge in [0, 0.05) is 23.1 Å². The first-order valence-electron chi connectivity index (χ1n) is 9.04. The van der Waals surface area contributed by atoms with Crippen LogP contribution in [0.4, 0.5) is 0 Å². The van der Waals surface area contributed by atoms with Crippen molar-refractivity contribution in [2.75, 3.05) is 6.54 Å². The number of H-pyrrole nitrogens is 1. The van der Waals surface area contributed by atoms with Crippen molar-refractivity contribution in [2.24, 2.45) is 0 Å². The lowest BCUT2D eigenvalue weighted by Crippen LogP contribution is -2.30. The Bertz CT molecular complexity index is 1100. The van der Waals surface area contributed by atoms with Crippen LogP contribution < -0.4 is 5.32 Å². The fourth-order valence-corrected chi connectivity index (χ4v) is 4.36. The Morgan fingerprint density at radius 1 is 0.920 bits per heavy atom. The van der Waals surface area contributed by atoms with Gasteiger partial charge in [-0.3, -0.25) is 0 Å². The summed E-state index contributed by atoms with van der Waals surface area (Å²) in [6, 6.07) is 20.2. The molecule has 0 radical (unpaired) electrons. The molecule has 0 bridgehead atoms. The molecule has 1 aliphatic rings. The van der Waals surface area contributed by atoms with Gasteiger partial charge in [-0.1, -0.05) is 48.0 Å². The Hall–Kier alpha value is -2.58. The molecular formula is C23H22N2. The van der Waals surface area contributed by atoms with Gasteiger partial charge in [-0.15, -0.1) is 0 Å². The maximum atomic E-state index is 3.75. The van der Waals surface area contributed by atoms with Gasteiger partial charge in [-0.05, 0) is 59.9 Å². The highest BCUT2D eigenvalue weighted by molar-refractivity contribution is 5.89. The smallest absolute Gasteiger partial charge is 0.0732 e. The van der Waals surface area contributed by atoms with Crippen molar-refractivity contribution in [3.8, 4) is 0 Å². The van der Waals surface area contributed by atoms with Crippen molar-refractivity contribution in [1.82, 2.24) is 10.3 Å². The van der Waals surface area contributed by atoms with E-state index in [1.807, 2.05) is 0 Å². The second kappa shape index (κ2) is 5.47. The van der Waals surface area contributed by atoms with E-state index in [9.17, 15) is 0 Å². The van der Waals surface area contributed by atoms with Gasteiger partial charge in [0.1, 0.15) is 0 Å². The number of rotatable bonds is 1. The van der Waals surface area contributed by atoms with Gasteiger partial charge in [0.05, 0.1) is 6.04 Å². The SMILES string of the molecule is Cc1cc(C)c2[nH]c3c(c2c1)CCNC3c1ccc2ccccc2c1. The molecule has 124 valence electrons. The lowest BCUT2D eigenvalue weighted by molar-refractivity contribution is 0.561. The predicted molar refractivity (Wildman–Crippen MR) is 105 cm³/mol. The molecule has 2 nitrogen and oxygen atoms in total. The molecule has 2 heteroatoms. The summed E-state index contributed by atoms with van der Waals surface area (Å²) in [4.78, 5) is 3.75. The Morgan fingerprint density at radius 2 is 1.76 bits per heavy atom. The Labute approximate surface area is 147 Å². The Balaban J connectivity index is 1.70. The minimum atomic E-state index is 0.237. The lowest BCUT2D eigenvalue weighted by atomic mass is 9.92. The van der Waals surface area contributed by atoms with Crippen LogP contribution in [0.15, 0.2) is 54.6 Å². The van der Waals surface area contributed by atoms with Crippen LogP contribution >= 0.6 is 0 Å². The molecule has 0 amide bonds. The van der Waals surface area contributed by atoms with Crippen molar-refractivity contribution in [3.63, 3.8) is 0 Å². The predicted octanol–water partition coefficient (Wildman–Crippen LogP) is 5.17. The minimum absolute atomic E-state index is 0.237. The summed E-state index contributed by atoms with van der Waals surface area (Å²) >= 11 is 0. The Kier molecular flexibility index (Phi) is 3.22. The maximum absolute atomic E-state index is 3.75. The molecule has 2 heterocycles. The van der Waals surface area contributed by atoms with Gasteiger partial charge in [0.25, 0.3) is 0 Å². The number of hydrogen-bond donors (Lipinski definition) is 2. The van der Waals surface area contributed by atoms with E-state index < -0.39 is 0 Å². The largest absolute Gasteiger partial charge is 0.356 e. The highest BCUT2D eigenvalue weighted by Crippen LogP contribution is 2.35. The van der Waals surface area contributed by atoms with E-state index in [4.69, 9.17) is 0 Å². The molecule has 1 atom stereocenters. The first-order valence-corrected chi connectivity index (χ1v) is 9.04. The zero-order valence-electron chi connectivity index (χ0n) is 14.7. The lowest BCUT2D eigenvalue weighted by Gasteiger charge is -2.25. The molecule has 0 saturated heterocycles. The van der Waals surface area contributed by atoms with Crippen LogP contribution in [0.1, 0.15) is 34.0 Å².